The molecule has 1 heterocycles. The van der Waals surface area contributed by atoms with Crippen molar-refractivity contribution in [3.8, 4) is 0 Å². The van der Waals surface area contributed by atoms with Crippen molar-refractivity contribution in [2.75, 3.05) is 4.72 Å². The van der Waals surface area contributed by atoms with Crippen LogP contribution in [0.15, 0.2) is 51.8 Å². The Kier molecular flexibility index (Phi) is 3.64. The number of sulfonamides is 1. The van der Waals surface area contributed by atoms with E-state index < -0.39 is 10.0 Å². The first kappa shape index (κ1) is 13.8. The van der Waals surface area contributed by atoms with E-state index in [0.717, 1.165) is 9.99 Å². The maximum absolute atomic E-state index is 12.3. The zero-order chi connectivity index (χ0) is 14.2. The Labute approximate surface area is 130 Å². The summed E-state index contributed by atoms with van der Waals surface area (Å²) >= 11 is 3.09. The first-order valence-corrected chi connectivity index (χ1v) is 9.37. The van der Waals surface area contributed by atoms with Crippen LogP contribution in [0.5, 0.6) is 0 Å². The number of aromatic nitrogens is 2. The number of hydrogen-bond acceptors (Lipinski definition) is 4. The van der Waals surface area contributed by atoms with Gasteiger partial charge in [0.25, 0.3) is 0 Å². The van der Waals surface area contributed by atoms with Crippen molar-refractivity contribution < 1.29 is 8.42 Å². The molecule has 3 aromatic rings. The van der Waals surface area contributed by atoms with Crippen LogP contribution in [0.2, 0.25) is 0 Å². The van der Waals surface area contributed by atoms with E-state index in [4.69, 9.17) is 0 Å². The summed E-state index contributed by atoms with van der Waals surface area (Å²) in [5, 5.41) is 0. The molecule has 0 saturated heterocycles. The fourth-order valence-electron chi connectivity index (χ4n) is 1.71. The Morgan fingerprint density at radius 3 is 2.55 bits per heavy atom. The van der Waals surface area contributed by atoms with Crippen molar-refractivity contribution in [3.63, 3.8) is 0 Å². The molecule has 5 nitrogen and oxygen atoms in total. The van der Waals surface area contributed by atoms with Crippen molar-refractivity contribution in [2.24, 2.45) is 0 Å². The van der Waals surface area contributed by atoms with E-state index in [9.17, 15) is 8.42 Å². The van der Waals surface area contributed by atoms with Gasteiger partial charge in [0.15, 0.2) is 0 Å². The molecule has 0 amide bonds. The van der Waals surface area contributed by atoms with Crippen LogP contribution in [-0.4, -0.2) is 31.3 Å². The van der Waals surface area contributed by atoms with Gasteiger partial charge in [-0.2, -0.15) is 0 Å². The second-order valence-electron chi connectivity index (χ2n) is 4.00. The summed E-state index contributed by atoms with van der Waals surface area (Å²) in [4.78, 5) is 0.207. The van der Waals surface area contributed by atoms with Crippen LogP contribution in [0.4, 0.5) is 5.69 Å². The molecule has 0 unspecified atom stereocenters. The SMILES string of the molecule is O=S(=O)(Nc1cccc2n[se]nc12)c1ccc(Br)cc1. The first-order chi connectivity index (χ1) is 9.56. The fourth-order valence-corrected chi connectivity index (χ4v) is 4.19. The third kappa shape index (κ3) is 2.64. The third-order valence-corrected chi connectivity index (χ3v) is 5.70. The van der Waals surface area contributed by atoms with Crippen LogP contribution >= 0.6 is 15.9 Å². The van der Waals surface area contributed by atoms with Gasteiger partial charge in [-0.15, -0.1) is 0 Å². The van der Waals surface area contributed by atoms with Crippen molar-refractivity contribution in [2.45, 2.75) is 4.90 Å². The third-order valence-electron chi connectivity index (χ3n) is 2.65. The average molecular weight is 417 g/mol. The molecule has 0 spiro atoms. The van der Waals surface area contributed by atoms with Gasteiger partial charge in [-0.1, -0.05) is 0 Å². The number of anilines is 1. The maximum atomic E-state index is 12.3. The molecular weight excluding hydrogens is 409 g/mol. The van der Waals surface area contributed by atoms with Crippen LogP contribution in [0.3, 0.4) is 0 Å². The molecule has 102 valence electrons. The second-order valence-corrected chi connectivity index (χ2v) is 7.70. The zero-order valence-electron chi connectivity index (χ0n) is 9.95. The summed E-state index contributed by atoms with van der Waals surface area (Å²) in [6.45, 7) is 0. The van der Waals surface area contributed by atoms with E-state index in [1.54, 1.807) is 36.4 Å². The van der Waals surface area contributed by atoms with E-state index in [0.29, 0.717) is 11.2 Å². The number of halogens is 1. The minimum atomic E-state index is -3.62. The van der Waals surface area contributed by atoms with Crippen molar-refractivity contribution in [1.29, 1.82) is 0 Å². The van der Waals surface area contributed by atoms with E-state index in [2.05, 4.69) is 28.6 Å². The fraction of sp³-hybridized carbons (Fsp3) is 0. The summed E-state index contributed by atoms with van der Waals surface area (Å²) in [7, 11) is -3.62. The second kappa shape index (κ2) is 5.29. The van der Waals surface area contributed by atoms with Gasteiger partial charge in [0.2, 0.25) is 0 Å². The Morgan fingerprint density at radius 2 is 1.80 bits per heavy atom. The molecule has 8 heteroatoms. The number of nitrogens with zero attached hydrogens (tertiary/aromatic N) is 2. The molecule has 2 aromatic carbocycles. The van der Waals surface area contributed by atoms with Gasteiger partial charge in [-0.3, -0.25) is 0 Å². The molecule has 0 aliphatic carbocycles. The Hall–Kier alpha value is -1.21. The Bertz CT molecular complexity index is 862. The molecule has 1 aromatic heterocycles. The van der Waals surface area contributed by atoms with Crippen LogP contribution in [0.25, 0.3) is 11.0 Å². The molecule has 20 heavy (non-hydrogen) atoms. The molecule has 0 bridgehead atoms. The Morgan fingerprint density at radius 1 is 1.05 bits per heavy atom. The Balaban J connectivity index is 2.01. The van der Waals surface area contributed by atoms with Gasteiger partial charge in [-0.25, -0.2) is 0 Å². The van der Waals surface area contributed by atoms with E-state index in [1.807, 2.05) is 6.07 Å². The summed E-state index contributed by atoms with van der Waals surface area (Å²) in [6, 6.07) is 11.7. The van der Waals surface area contributed by atoms with Gasteiger partial charge in [0.05, 0.1) is 0 Å². The molecule has 0 aliphatic heterocycles. The minimum absolute atomic E-state index is 0.193. The normalized spacial score (nSPS) is 11.7. The number of hydrogen-bond donors (Lipinski definition) is 1. The molecule has 0 atom stereocenters. The molecule has 0 saturated carbocycles. The van der Waals surface area contributed by atoms with Gasteiger partial charge < -0.3 is 0 Å². The molecule has 0 aliphatic rings. The predicted octanol–water partition coefficient (Wildman–Crippen LogP) is 2.25. The van der Waals surface area contributed by atoms with E-state index >= 15 is 0 Å². The van der Waals surface area contributed by atoms with Gasteiger partial charge in [-0.05, 0) is 0 Å². The monoisotopic (exact) mass is 417 g/mol. The van der Waals surface area contributed by atoms with Gasteiger partial charge in [0.1, 0.15) is 0 Å². The number of nitrogens with one attached hydrogen (secondary N) is 1. The molecule has 1 N–H and O–H groups in total. The van der Waals surface area contributed by atoms with Crippen LogP contribution < -0.4 is 4.72 Å². The van der Waals surface area contributed by atoms with Crippen LogP contribution in [-0.2, 0) is 10.0 Å². The quantitative estimate of drug-likeness (QED) is 0.664. The standard InChI is InChI=1S/C12H8BrN3O2SSe/c13-8-4-6-9(7-5-8)19(17,18)14-10-2-1-3-11-12(10)16-20-15-11/h1-7,14H. The molecule has 0 fully saturated rings. The topological polar surface area (TPSA) is 72.0 Å². The summed E-state index contributed by atoms with van der Waals surface area (Å²) in [5.41, 5.74) is 1.82. The summed E-state index contributed by atoms with van der Waals surface area (Å²) in [5.74, 6) is 0. The molecular formula is C12H8BrN3O2SSe. The van der Waals surface area contributed by atoms with Gasteiger partial charge in [0, 0.05) is 0 Å². The van der Waals surface area contributed by atoms with Crippen LogP contribution in [0, 0.1) is 0 Å². The summed E-state index contributed by atoms with van der Waals surface area (Å²) in [6.07, 6.45) is 0. The number of benzene rings is 2. The van der Waals surface area contributed by atoms with Crippen molar-refractivity contribution >= 4 is 57.6 Å². The molecule has 0 radical (unpaired) electrons. The number of rotatable bonds is 3. The van der Waals surface area contributed by atoms with Crippen LogP contribution in [0.1, 0.15) is 0 Å². The van der Waals surface area contributed by atoms with E-state index in [1.165, 1.54) is 0 Å². The van der Waals surface area contributed by atoms with E-state index in [-0.39, 0.29) is 19.9 Å². The number of fused-ring (bicyclic) bond motifs is 1. The molecule has 3 rings (SSSR count). The predicted molar refractivity (Wildman–Crippen MR) is 81.4 cm³/mol. The van der Waals surface area contributed by atoms with Crippen molar-refractivity contribution in [3.05, 3.63) is 46.9 Å². The average Bonchev–Trinajstić information content (AvgIpc) is 2.88. The zero-order valence-corrected chi connectivity index (χ0v) is 14.1. The van der Waals surface area contributed by atoms with Crippen molar-refractivity contribution in [1.82, 2.24) is 7.96 Å². The van der Waals surface area contributed by atoms with Gasteiger partial charge >= 0.3 is 131 Å². The summed E-state index contributed by atoms with van der Waals surface area (Å²) < 4.78 is 36.5. The first-order valence-electron chi connectivity index (χ1n) is 5.56.